The lowest BCUT2D eigenvalue weighted by Crippen LogP contribution is -1.88. The first-order chi connectivity index (χ1) is 28.2. The van der Waals surface area contributed by atoms with E-state index in [1.54, 1.807) is 11.3 Å². The van der Waals surface area contributed by atoms with Crippen molar-refractivity contribution in [2.45, 2.75) is 0 Å². The first-order valence-electron chi connectivity index (χ1n) is 19.4. The molecule has 0 atom stereocenters. The number of rotatable bonds is 4. The Kier molecular flexibility index (Phi) is 7.13. The smallest absolute Gasteiger partial charge is 0.143 e. The summed E-state index contributed by atoms with van der Waals surface area (Å²) in [6, 6.07) is 70.6. The van der Waals surface area contributed by atoms with E-state index >= 15 is 0 Å². The average Bonchev–Trinajstić information content (AvgIpc) is 3.64. The molecule has 0 bridgehead atoms. The van der Waals surface area contributed by atoms with Crippen molar-refractivity contribution in [3.8, 4) is 44.5 Å². The minimum atomic E-state index is 0.900. The number of hydrogen-bond donors (Lipinski definition) is 0. The van der Waals surface area contributed by atoms with Gasteiger partial charge in [-0.3, -0.25) is 0 Å². The molecular formula is C54H32N2S. The van der Waals surface area contributed by atoms with E-state index in [1.165, 1.54) is 81.2 Å². The van der Waals surface area contributed by atoms with Crippen molar-refractivity contribution in [1.82, 2.24) is 9.97 Å². The maximum Gasteiger partial charge on any atom is 0.143 e. The maximum absolute atomic E-state index is 5.32. The standard InChI is InChI=1S/C54H32N2S/c1-3-17-41-39(11-1)30-47(45-21-7-5-19-43(41)45)37-15-9-13-33(27-37)35-24-26-52-49(29-35)53-54(57-52)56-50-25-23-36(32-51(50)55-53)34-14-10-16-38(28-34)48-31-40-12-2-4-18-42(40)44-20-6-8-22-46(44)48/h1-32H. The van der Waals surface area contributed by atoms with Gasteiger partial charge >= 0.3 is 0 Å². The SMILES string of the molecule is c1cc(-c2ccc3nc4sc5ccc(-c6cccc(-c7cc8ccccc8c8ccccc78)c6)cc5c4nc3c2)cc(-c2cc3ccccc3c3ccccc23)c1. The summed E-state index contributed by atoms with van der Waals surface area (Å²) in [5.41, 5.74) is 12.3. The zero-order valence-corrected chi connectivity index (χ0v) is 31.6. The monoisotopic (exact) mass is 740 g/mol. The molecule has 0 saturated carbocycles. The van der Waals surface area contributed by atoms with Crippen molar-refractivity contribution in [2.24, 2.45) is 0 Å². The molecule has 0 fully saturated rings. The van der Waals surface area contributed by atoms with Crippen LogP contribution in [-0.4, -0.2) is 9.97 Å². The molecule has 0 aliphatic carbocycles. The number of fused-ring (bicyclic) bond motifs is 10. The van der Waals surface area contributed by atoms with Crippen LogP contribution in [0.4, 0.5) is 0 Å². The summed E-state index contributed by atoms with van der Waals surface area (Å²) < 4.78 is 1.19. The summed E-state index contributed by atoms with van der Waals surface area (Å²) in [4.78, 5) is 11.4. The predicted molar refractivity (Wildman–Crippen MR) is 244 cm³/mol. The largest absolute Gasteiger partial charge is 0.243 e. The zero-order chi connectivity index (χ0) is 37.5. The van der Waals surface area contributed by atoms with Crippen LogP contribution < -0.4 is 0 Å². The summed E-state index contributed by atoms with van der Waals surface area (Å²) in [6.07, 6.45) is 0. The maximum atomic E-state index is 5.32. The van der Waals surface area contributed by atoms with Crippen molar-refractivity contribution in [3.63, 3.8) is 0 Å². The molecule has 0 saturated heterocycles. The van der Waals surface area contributed by atoms with E-state index in [0.29, 0.717) is 0 Å². The highest BCUT2D eigenvalue weighted by Gasteiger charge is 2.15. The Morgan fingerprint density at radius 2 is 0.789 bits per heavy atom. The van der Waals surface area contributed by atoms with E-state index in [0.717, 1.165) is 37.9 Å². The van der Waals surface area contributed by atoms with Gasteiger partial charge < -0.3 is 0 Å². The van der Waals surface area contributed by atoms with Gasteiger partial charge in [0.15, 0.2) is 0 Å². The zero-order valence-electron chi connectivity index (χ0n) is 30.8. The molecule has 57 heavy (non-hydrogen) atoms. The summed E-state index contributed by atoms with van der Waals surface area (Å²) in [6.45, 7) is 0. The highest BCUT2D eigenvalue weighted by Crippen LogP contribution is 2.40. The fourth-order valence-electron chi connectivity index (χ4n) is 8.87. The third-order valence-corrected chi connectivity index (χ3v) is 12.7. The molecule has 264 valence electrons. The minimum absolute atomic E-state index is 0.900. The molecule has 0 spiro atoms. The first-order valence-corrected chi connectivity index (χ1v) is 20.2. The van der Waals surface area contributed by atoms with Crippen LogP contribution >= 0.6 is 11.3 Å². The van der Waals surface area contributed by atoms with Crippen LogP contribution in [0.2, 0.25) is 0 Å². The van der Waals surface area contributed by atoms with E-state index in [2.05, 4.69) is 194 Å². The molecule has 0 N–H and O–H groups in total. The van der Waals surface area contributed by atoms with Gasteiger partial charge in [-0.15, -0.1) is 11.3 Å². The molecule has 0 aliphatic heterocycles. The van der Waals surface area contributed by atoms with Crippen LogP contribution in [0, 0.1) is 0 Å². The summed E-state index contributed by atoms with van der Waals surface area (Å²) >= 11 is 1.71. The fraction of sp³-hybridized carbons (Fsp3) is 0. The van der Waals surface area contributed by atoms with Gasteiger partial charge in [-0.25, -0.2) is 9.97 Å². The molecule has 0 aliphatic rings. The van der Waals surface area contributed by atoms with Crippen molar-refractivity contribution >= 4 is 85.9 Å². The van der Waals surface area contributed by atoms with Crippen LogP contribution in [0.25, 0.3) is 119 Å². The Hall–Kier alpha value is -7.20. The van der Waals surface area contributed by atoms with E-state index in [-0.39, 0.29) is 0 Å². The molecule has 0 amide bonds. The average molecular weight is 741 g/mol. The van der Waals surface area contributed by atoms with Gasteiger partial charge in [0.1, 0.15) is 10.3 Å². The van der Waals surface area contributed by atoms with E-state index < -0.39 is 0 Å². The lowest BCUT2D eigenvalue weighted by molar-refractivity contribution is 1.43. The fourth-order valence-corrected chi connectivity index (χ4v) is 9.88. The molecule has 10 aromatic carbocycles. The Morgan fingerprint density at radius 1 is 0.298 bits per heavy atom. The molecule has 12 aromatic rings. The first kappa shape index (κ1) is 32.1. The van der Waals surface area contributed by atoms with E-state index in [4.69, 9.17) is 9.97 Å². The normalized spacial score (nSPS) is 11.9. The summed E-state index contributed by atoms with van der Waals surface area (Å²) in [5, 5.41) is 11.3. The van der Waals surface area contributed by atoms with Gasteiger partial charge in [0.25, 0.3) is 0 Å². The van der Waals surface area contributed by atoms with Crippen LogP contribution in [0.5, 0.6) is 0 Å². The minimum Gasteiger partial charge on any atom is -0.243 e. The topological polar surface area (TPSA) is 25.8 Å². The van der Waals surface area contributed by atoms with Crippen LogP contribution in [-0.2, 0) is 0 Å². The van der Waals surface area contributed by atoms with Crippen molar-refractivity contribution < 1.29 is 0 Å². The Balaban J connectivity index is 0.946. The Bertz CT molecular complexity index is 3590. The van der Waals surface area contributed by atoms with Crippen LogP contribution in [0.3, 0.4) is 0 Å². The Labute approximate surface area is 333 Å². The highest BCUT2D eigenvalue weighted by atomic mass is 32.1. The molecular weight excluding hydrogens is 709 g/mol. The van der Waals surface area contributed by atoms with Crippen molar-refractivity contribution in [1.29, 1.82) is 0 Å². The predicted octanol–water partition coefficient (Wildman–Crippen LogP) is 15.3. The second-order valence-corrected chi connectivity index (χ2v) is 16.0. The molecule has 12 rings (SSSR count). The van der Waals surface area contributed by atoms with Gasteiger partial charge in [0, 0.05) is 10.1 Å². The Morgan fingerprint density at radius 3 is 1.40 bits per heavy atom. The second-order valence-electron chi connectivity index (χ2n) is 14.9. The summed E-state index contributed by atoms with van der Waals surface area (Å²) in [5.74, 6) is 0. The summed E-state index contributed by atoms with van der Waals surface area (Å²) in [7, 11) is 0. The number of nitrogens with zero attached hydrogens (tertiary/aromatic N) is 2. The quantitative estimate of drug-likeness (QED) is 0.168. The second kappa shape index (κ2) is 12.7. The molecule has 0 radical (unpaired) electrons. The van der Waals surface area contributed by atoms with Crippen molar-refractivity contribution in [3.05, 3.63) is 194 Å². The third-order valence-electron chi connectivity index (χ3n) is 11.6. The van der Waals surface area contributed by atoms with Gasteiger partial charge in [-0.2, -0.15) is 0 Å². The number of thiophene rings is 1. The molecule has 2 nitrogen and oxygen atoms in total. The van der Waals surface area contributed by atoms with E-state index in [1.807, 2.05) is 0 Å². The van der Waals surface area contributed by atoms with Gasteiger partial charge in [-0.1, -0.05) is 146 Å². The molecule has 2 aromatic heterocycles. The molecule has 2 heterocycles. The van der Waals surface area contributed by atoms with Crippen molar-refractivity contribution in [2.75, 3.05) is 0 Å². The molecule has 0 unspecified atom stereocenters. The van der Waals surface area contributed by atoms with Gasteiger partial charge in [0.05, 0.1) is 11.0 Å². The lowest BCUT2D eigenvalue weighted by atomic mass is 9.92. The van der Waals surface area contributed by atoms with Crippen LogP contribution in [0.1, 0.15) is 0 Å². The molecule has 3 heteroatoms. The highest BCUT2D eigenvalue weighted by molar-refractivity contribution is 7.25. The number of aromatic nitrogens is 2. The van der Waals surface area contributed by atoms with Gasteiger partial charge in [0.2, 0.25) is 0 Å². The van der Waals surface area contributed by atoms with Gasteiger partial charge in [-0.05, 0) is 136 Å². The van der Waals surface area contributed by atoms with Crippen LogP contribution in [0.15, 0.2) is 194 Å². The third kappa shape index (κ3) is 5.24. The number of hydrogen-bond acceptors (Lipinski definition) is 3. The lowest BCUT2D eigenvalue weighted by Gasteiger charge is -2.12. The number of benzene rings is 10. The van der Waals surface area contributed by atoms with E-state index in [9.17, 15) is 0 Å².